The molecule has 0 unspecified atom stereocenters. The van der Waals surface area contributed by atoms with Gasteiger partial charge in [0.05, 0.1) is 6.61 Å². The SMILES string of the molecule is C=CCOc1ccc(C=C(OCCCC)C(=O)O)cc1. The number of carboxylic acids is 1. The molecular weight excluding hydrogens is 256 g/mol. The fraction of sp³-hybridized carbons (Fsp3) is 0.312. The van der Waals surface area contributed by atoms with Gasteiger partial charge in [-0.15, -0.1) is 0 Å². The molecule has 1 N–H and O–H groups in total. The van der Waals surface area contributed by atoms with Crippen LogP contribution in [0.2, 0.25) is 0 Å². The molecule has 0 atom stereocenters. The van der Waals surface area contributed by atoms with Gasteiger partial charge in [0.1, 0.15) is 12.4 Å². The predicted molar refractivity (Wildman–Crippen MR) is 78.6 cm³/mol. The van der Waals surface area contributed by atoms with E-state index in [1.807, 2.05) is 6.92 Å². The van der Waals surface area contributed by atoms with Gasteiger partial charge in [0.15, 0.2) is 0 Å². The predicted octanol–water partition coefficient (Wildman–Crippen LogP) is 3.49. The first-order chi connectivity index (χ1) is 9.67. The van der Waals surface area contributed by atoms with E-state index in [0.29, 0.717) is 19.0 Å². The summed E-state index contributed by atoms with van der Waals surface area (Å²) in [4.78, 5) is 11.1. The minimum absolute atomic E-state index is 0.0433. The van der Waals surface area contributed by atoms with Gasteiger partial charge < -0.3 is 14.6 Å². The summed E-state index contributed by atoms with van der Waals surface area (Å²) in [5, 5.41) is 9.08. The van der Waals surface area contributed by atoms with Crippen LogP contribution >= 0.6 is 0 Å². The molecule has 0 heterocycles. The number of benzene rings is 1. The van der Waals surface area contributed by atoms with E-state index in [2.05, 4.69) is 6.58 Å². The number of ether oxygens (including phenoxy) is 2. The molecule has 0 spiro atoms. The van der Waals surface area contributed by atoms with Gasteiger partial charge in [-0.1, -0.05) is 38.1 Å². The van der Waals surface area contributed by atoms with Crippen LogP contribution in [0, 0.1) is 0 Å². The molecule has 108 valence electrons. The number of hydrogen-bond donors (Lipinski definition) is 1. The number of carboxylic acid groups (broad SMARTS) is 1. The van der Waals surface area contributed by atoms with E-state index in [4.69, 9.17) is 14.6 Å². The van der Waals surface area contributed by atoms with E-state index in [1.54, 1.807) is 30.3 Å². The molecule has 0 aliphatic carbocycles. The maximum Gasteiger partial charge on any atom is 0.371 e. The fourth-order valence-electron chi connectivity index (χ4n) is 1.46. The van der Waals surface area contributed by atoms with Gasteiger partial charge in [0.25, 0.3) is 0 Å². The van der Waals surface area contributed by atoms with E-state index in [0.717, 1.165) is 18.4 Å². The van der Waals surface area contributed by atoms with Crippen LogP contribution in [0.1, 0.15) is 25.3 Å². The molecule has 0 amide bonds. The van der Waals surface area contributed by atoms with E-state index in [-0.39, 0.29) is 5.76 Å². The van der Waals surface area contributed by atoms with Crippen LogP contribution in [0.4, 0.5) is 0 Å². The summed E-state index contributed by atoms with van der Waals surface area (Å²) in [5.74, 6) is -0.392. The van der Waals surface area contributed by atoms with Crippen molar-refractivity contribution in [2.45, 2.75) is 19.8 Å². The minimum Gasteiger partial charge on any atom is -0.490 e. The molecule has 0 aromatic heterocycles. The second-order valence-electron chi connectivity index (χ2n) is 4.18. The first-order valence-electron chi connectivity index (χ1n) is 6.59. The lowest BCUT2D eigenvalue weighted by molar-refractivity contribution is -0.136. The second-order valence-corrected chi connectivity index (χ2v) is 4.18. The van der Waals surface area contributed by atoms with E-state index in [9.17, 15) is 4.79 Å². The van der Waals surface area contributed by atoms with Gasteiger partial charge in [0.2, 0.25) is 5.76 Å². The maximum absolute atomic E-state index is 11.1. The Morgan fingerprint density at radius 2 is 2.05 bits per heavy atom. The Morgan fingerprint density at radius 3 is 2.60 bits per heavy atom. The van der Waals surface area contributed by atoms with Crippen molar-refractivity contribution in [1.82, 2.24) is 0 Å². The summed E-state index contributed by atoms with van der Waals surface area (Å²) in [5.41, 5.74) is 0.754. The zero-order valence-electron chi connectivity index (χ0n) is 11.7. The third kappa shape index (κ3) is 5.61. The molecule has 4 heteroatoms. The van der Waals surface area contributed by atoms with Crippen LogP contribution < -0.4 is 4.74 Å². The normalized spacial score (nSPS) is 10.9. The lowest BCUT2D eigenvalue weighted by Gasteiger charge is -2.06. The summed E-state index contributed by atoms with van der Waals surface area (Å²) >= 11 is 0. The quantitative estimate of drug-likeness (QED) is 0.324. The van der Waals surface area contributed by atoms with Crippen LogP contribution in [0.15, 0.2) is 42.7 Å². The number of rotatable bonds is 9. The topological polar surface area (TPSA) is 55.8 Å². The smallest absolute Gasteiger partial charge is 0.371 e. The van der Waals surface area contributed by atoms with Crippen molar-refractivity contribution in [1.29, 1.82) is 0 Å². The van der Waals surface area contributed by atoms with Gasteiger partial charge in [-0.3, -0.25) is 0 Å². The Bertz CT molecular complexity index is 460. The van der Waals surface area contributed by atoms with E-state index >= 15 is 0 Å². The van der Waals surface area contributed by atoms with Gasteiger partial charge >= 0.3 is 5.97 Å². The van der Waals surface area contributed by atoms with Crippen molar-refractivity contribution >= 4 is 12.0 Å². The van der Waals surface area contributed by atoms with Crippen molar-refractivity contribution in [3.8, 4) is 5.75 Å². The van der Waals surface area contributed by atoms with Crippen molar-refractivity contribution in [3.63, 3.8) is 0 Å². The van der Waals surface area contributed by atoms with E-state index < -0.39 is 5.97 Å². The summed E-state index contributed by atoms with van der Waals surface area (Å²) in [7, 11) is 0. The van der Waals surface area contributed by atoms with Crippen LogP contribution in [-0.2, 0) is 9.53 Å². The van der Waals surface area contributed by atoms with Crippen LogP contribution in [0.3, 0.4) is 0 Å². The molecule has 20 heavy (non-hydrogen) atoms. The Balaban J connectivity index is 2.72. The largest absolute Gasteiger partial charge is 0.490 e. The highest BCUT2D eigenvalue weighted by atomic mass is 16.5. The maximum atomic E-state index is 11.1. The number of unbranched alkanes of at least 4 members (excludes halogenated alkanes) is 1. The first kappa shape index (κ1) is 15.8. The molecule has 1 rings (SSSR count). The third-order valence-corrected chi connectivity index (χ3v) is 2.51. The van der Waals surface area contributed by atoms with Crippen LogP contribution in [0.5, 0.6) is 5.75 Å². The molecule has 0 saturated heterocycles. The van der Waals surface area contributed by atoms with Gasteiger partial charge in [-0.25, -0.2) is 4.79 Å². The van der Waals surface area contributed by atoms with Crippen LogP contribution in [0.25, 0.3) is 6.08 Å². The fourth-order valence-corrected chi connectivity index (χ4v) is 1.46. The van der Waals surface area contributed by atoms with Crippen molar-refractivity contribution in [3.05, 3.63) is 48.2 Å². The standard InChI is InChI=1S/C16H20O4/c1-3-5-11-20-15(16(17)18)12-13-6-8-14(9-7-13)19-10-4-2/h4,6-9,12H,2-3,5,10-11H2,1H3,(H,17,18). The van der Waals surface area contributed by atoms with Gasteiger partial charge in [-0.2, -0.15) is 0 Å². The summed E-state index contributed by atoms with van der Waals surface area (Å²) < 4.78 is 10.6. The van der Waals surface area contributed by atoms with Gasteiger partial charge in [-0.05, 0) is 30.2 Å². The Labute approximate surface area is 119 Å². The highest BCUT2D eigenvalue weighted by Gasteiger charge is 2.08. The molecule has 0 saturated carbocycles. The molecule has 0 aliphatic rings. The molecule has 4 nitrogen and oxygen atoms in total. The number of hydrogen-bond acceptors (Lipinski definition) is 3. The zero-order valence-corrected chi connectivity index (χ0v) is 11.7. The minimum atomic E-state index is -1.06. The molecular formula is C16H20O4. The lowest BCUT2D eigenvalue weighted by atomic mass is 10.2. The molecule has 0 fully saturated rings. The Morgan fingerprint density at radius 1 is 1.35 bits per heavy atom. The summed E-state index contributed by atoms with van der Waals surface area (Å²) in [6.07, 6.45) is 4.97. The Kier molecular flexibility index (Phi) is 6.96. The highest BCUT2D eigenvalue weighted by Crippen LogP contribution is 2.15. The molecule has 0 bridgehead atoms. The summed E-state index contributed by atoms with van der Waals surface area (Å²) in [6.45, 7) is 6.45. The van der Waals surface area contributed by atoms with Gasteiger partial charge in [0, 0.05) is 0 Å². The lowest BCUT2D eigenvalue weighted by Crippen LogP contribution is -2.06. The van der Waals surface area contributed by atoms with E-state index in [1.165, 1.54) is 6.08 Å². The Hall–Kier alpha value is -2.23. The average Bonchev–Trinajstić information content (AvgIpc) is 2.45. The molecule has 0 aliphatic heterocycles. The molecule has 1 aromatic rings. The molecule has 1 aromatic carbocycles. The highest BCUT2D eigenvalue weighted by molar-refractivity contribution is 5.89. The van der Waals surface area contributed by atoms with Crippen molar-refractivity contribution in [2.75, 3.05) is 13.2 Å². The van der Waals surface area contributed by atoms with Crippen LogP contribution in [-0.4, -0.2) is 24.3 Å². The third-order valence-electron chi connectivity index (χ3n) is 2.51. The number of aliphatic carboxylic acids is 1. The summed E-state index contributed by atoms with van der Waals surface area (Å²) in [6, 6.07) is 7.12. The zero-order chi connectivity index (χ0) is 14.8. The first-order valence-corrected chi connectivity index (χ1v) is 6.59. The van der Waals surface area contributed by atoms with Crippen molar-refractivity contribution in [2.24, 2.45) is 0 Å². The monoisotopic (exact) mass is 276 g/mol. The number of carbonyl (C=O) groups is 1. The second kappa shape index (κ2) is 8.80. The average molecular weight is 276 g/mol. The van der Waals surface area contributed by atoms with Crippen molar-refractivity contribution < 1.29 is 19.4 Å². The molecule has 0 radical (unpaired) electrons.